The maximum atomic E-state index is 11.3. The van der Waals surface area contributed by atoms with Crippen LogP contribution in [0.1, 0.15) is 44.9 Å². The van der Waals surface area contributed by atoms with E-state index in [0.717, 1.165) is 42.4 Å². The van der Waals surface area contributed by atoms with E-state index < -0.39 is 0 Å². The van der Waals surface area contributed by atoms with Crippen LogP contribution in [0.4, 0.5) is 0 Å². The van der Waals surface area contributed by atoms with E-state index in [9.17, 15) is 9.90 Å². The van der Waals surface area contributed by atoms with Crippen LogP contribution in [-0.2, 0) is 9.53 Å². The van der Waals surface area contributed by atoms with Crippen molar-refractivity contribution in [2.75, 3.05) is 6.61 Å². The van der Waals surface area contributed by atoms with Crippen LogP contribution >= 0.6 is 0 Å². The molecule has 0 amide bonds. The average Bonchev–Trinajstić information content (AvgIpc) is 3.23. The lowest BCUT2D eigenvalue weighted by Crippen LogP contribution is -2.28. The molecule has 0 aromatic heterocycles. The monoisotopic (exact) mass is 318 g/mol. The molecule has 128 valence electrons. The Morgan fingerprint density at radius 1 is 1.17 bits per heavy atom. The molecule has 3 heteroatoms. The van der Waals surface area contributed by atoms with Crippen molar-refractivity contribution in [3.63, 3.8) is 0 Å². The Hall–Kier alpha value is -1.09. The molecular formula is C20H30O3. The van der Waals surface area contributed by atoms with Crippen molar-refractivity contribution in [3.8, 4) is 0 Å². The number of ether oxygens (including phenoxy) is 1. The summed E-state index contributed by atoms with van der Waals surface area (Å²) in [6, 6.07) is 0. The van der Waals surface area contributed by atoms with Gasteiger partial charge < -0.3 is 9.84 Å². The van der Waals surface area contributed by atoms with Gasteiger partial charge in [-0.1, -0.05) is 25.5 Å². The molecule has 0 aromatic carbocycles. The first-order chi connectivity index (χ1) is 11.1. The molecule has 0 heterocycles. The molecule has 0 spiro atoms. The van der Waals surface area contributed by atoms with E-state index in [1.54, 1.807) is 6.08 Å². The summed E-state index contributed by atoms with van der Waals surface area (Å²) in [4.78, 5) is 11.3. The Morgan fingerprint density at radius 3 is 2.70 bits per heavy atom. The van der Waals surface area contributed by atoms with Gasteiger partial charge in [0.1, 0.15) is 0 Å². The molecule has 3 aliphatic rings. The summed E-state index contributed by atoms with van der Waals surface area (Å²) < 4.78 is 5.31. The summed E-state index contributed by atoms with van der Waals surface area (Å²) in [6.07, 6.45) is 11.1. The highest BCUT2D eigenvalue weighted by Gasteiger charge is 2.55. The van der Waals surface area contributed by atoms with E-state index in [4.69, 9.17) is 4.74 Å². The second-order valence-electron chi connectivity index (χ2n) is 7.89. The lowest BCUT2D eigenvalue weighted by atomic mass is 9.76. The largest absolute Gasteiger partial charge is 0.462 e. The molecule has 3 saturated carbocycles. The molecule has 0 aliphatic heterocycles. The molecular weight excluding hydrogens is 288 g/mol. The normalized spacial score (nSPS) is 39.0. The zero-order valence-electron chi connectivity index (χ0n) is 14.0. The lowest BCUT2D eigenvalue weighted by molar-refractivity contribution is -0.139. The minimum atomic E-state index is -0.337. The first-order valence-electron chi connectivity index (χ1n) is 9.22. The number of aliphatic hydroxyl groups excluding tert-OH is 1. The fourth-order valence-electron chi connectivity index (χ4n) is 5.73. The summed E-state index contributed by atoms with van der Waals surface area (Å²) in [5.74, 6) is 4.53. The van der Waals surface area contributed by atoms with Gasteiger partial charge in [-0.25, -0.2) is 4.79 Å². The fraction of sp³-hybridized carbons (Fsp3) is 0.750. The maximum absolute atomic E-state index is 11.3. The van der Waals surface area contributed by atoms with E-state index in [2.05, 4.69) is 13.2 Å². The standard InChI is InChI=1S/C20H30O3/c1-3-16(21)7-5-6-13-8-17-14-10-15(12-23-20(22)4-2)18(11-14)19(17)9-13/h3-4,13-19,21H,1-2,5-12H2. The smallest absolute Gasteiger partial charge is 0.330 e. The van der Waals surface area contributed by atoms with Gasteiger partial charge >= 0.3 is 5.97 Å². The molecule has 3 nitrogen and oxygen atoms in total. The molecule has 23 heavy (non-hydrogen) atoms. The molecule has 3 rings (SSSR count). The molecule has 7 atom stereocenters. The third-order valence-electron chi connectivity index (χ3n) is 6.69. The van der Waals surface area contributed by atoms with E-state index in [0.29, 0.717) is 12.5 Å². The van der Waals surface area contributed by atoms with Crippen LogP contribution in [0.5, 0.6) is 0 Å². The fourth-order valence-corrected chi connectivity index (χ4v) is 5.73. The van der Waals surface area contributed by atoms with E-state index in [1.165, 1.54) is 38.2 Å². The Morgan fingerprint density at radius 2 is 1.96 bits per heavy atom. The van der Waals surface area contributed by atoms with Gasteiger partial charge in [-0.05, 0) is 67.6 Å². The Balaban J connectivity index is 1.46. The second-order valence-corrected chi connectivity index (χ2v) is 7.89. The highest BCUT2D eigenvalue weighted by atomic mass is 16.5. The van der Waals surface area contributed by atoms with Gasteiger partial charge in [-0.15, -0.1) is 6.58 Å². The minimum Gasteiger partial charge on any atom is -0.462 e. The predicted molar refractivity (Wildman–Crippen MR) is 90.6 cm³/mol. The summed E-state index contributed by atoms with van der Waals surface area (Å²) in [6.45, 7) is 7.69. The third kappa shape index (κ3) is 3.55. The van der Waals surface area contributed by atoms with E-state index in [1.807, 2.05) is 0 Å². The van der Waals surface area contributed by atoms with Crippen LogP contribution in [0.15, 0.2) is 25.3 Å². The van der Waals surface area contributed by atoms with Gasteiger partial charge in [0.2, 0.25) is 0 Å². The summed E-state index contributed by atoms with van der Waals surface area (Å²) in [7, 11) is 0. The van der Waals surface area contributed by atoms with Gasteiger partial charge in [-0.3, -0.25) is 0 Å². The topological polar surface area (TPSA) is 46.5 Å². The Kier molecular flexibility index (Phi) is 5.25. The van der Waals surface area contributed by atoms with Crippen molar-refractivity contribution in [2.45, 2.75) is 51.0 Å². The van der Waals surface area contributed by atoms with Crippen LogP contribution in [0, 0.1) is 35.5 Å². The van der Waals surface area contributed by atoms with Crippen LogP contribution in [0.3, 0.4) is 0 Å². The number of fused-ring (bicyclic) bond motifs is 5. The van der Waals surface area contributed by atoms with Gasteiger partial charge in [0, 0.05) is 6.08 Å². The van der Waals surface area contributed by atoms with Crippen molar-refractivity contribution >= 4 is 5.97 Å². The molecule has 0 saturated heterocycles. The Bertz CT molecular complexity index is 458. The van der Waals surface area contributed by atoms with Crippen molar-refractivity contribution in [2.24, 2.45) is 35.5 Å². The number of esters is 1. The first kappa shape index (κ1) is 16.8. The van der Waals surface area contributed by atoms with Gasteiger partial charge in [0.25, 0.3) is 0 Å². The Labute approximate surface area is 139 Å². The maximum Gasteiger partial charge on any atom is 0.330 e. The zero-order chi connectivity index (χ0) is 16.4. The highest BCUT2D eigenvalue weighted by molar-refractivity contribution is 5.81. The minimum absolute atomic E-state index is 0.283. The molecule has 3 fully saturated rings. The van der Waals surface area contributed by atoms with Crippen molar-refractivity contribution in [1.82, 2.24) is 0 Å². The predicted octanol–water partition coefficient (Wildman–Crippen LogP) is 3.73. The number of aliphatic hydroxyl groups is 1. The van der Waals surface area contributed by atoms with Crippen LogP contribution < -0.4 is 0 Å². The molecule has 1 N–H and O–H groups in total. The number of hydrogen-bond acceptors (Lipinski definition) is 3. The van der Waals surface area contributed by atoms with Gasteiger partial charge in [-0.2, -0.15) is 0 Å². The third-order valence-corrected chi connectivity index (χ3v) is 6.69. The molecule has 0 radical (unpaired) electrons. The molecule has 0 aromatic rings. The van der Waals surface area contributed by atoms with Gasteiger partial charge in [0.15, 0.2) is 0 Å². The molecule has 2 bridgehead atoms. The van der Waals surface area contributed by atoms with Crippen molar-refractivity contribution < 1.29 is 14.6 Å². The number of rotatable bonds is 8. The number of hydrogen-bond donors (Lipinski definition) is 1. The van der Waals surface area contributed by atoms with Crippen LogP contribution in [0.25, 0.3) is 0 Å². The van der Waals surface area contributed by atoms with Crippen LogP contribution in [0.2, 0.25) is 0 Å². The average molecular weight is 318 g/mol. The SMILES string of the molecule is C=CC(=O)OCC1CC2CC1C1CC(CCCC(O)C=C)CC21. The van der Waals surface area contributed by atoms with Gasteiger partial charge in [0.05, 0.1) is 12.7 Å². The summed E-state index contributed by atoms with van der Waals surface area (Å²) in [5.41, 5.74) is 0. The summed E-state index contributed by atoms with van der Waals surface area (Å²) in [5, 5.41) is 9.58. The number of carbonyl (C=O) groups excluding carboxylic acids is 1. The van der Waals surface area contributed by atoms with E-state index in [-0.39, 0.29) is 12.1 Å². The zero-order valence-corrected chi connectivity index (χ0v) is 14.0. The molecule has 3 aliphatic carbocycles. The summed E-state index contributed by atoms with van der Waals surface area (Å²) >= 11 is 0. The quantitative estimate of drug-likeness (QED) is 0.421. The van der Waals surface area contributed by atoms with Crippen LogP contribution in [-0.4, -0.2) is 23.8 Å². The lowest BCUT2D eigenvalue weighted by Gasteiger charge is -2.31. The molecule has 7 unspecified atom stereocenters. The van der Waals surface area contributed by atoms with Crippen molar-refractivity contribution in [3.05, 3.63) is 25.3 Å². The van der Waals surface area contributed by atoms with Crippen molar-refractivity contribution in [1.29, 1.82) is 0 Å². The second kappa shape index (κ2) is 7.21. The number of carbonyl (C=O) groups is 1. The van der Waals surface area contributed by atoms with E-state index >= 15 is 0 Å². The first-order valence-corrected chi connectivity index (χ1v) is 9.22. The highest BCUT2D eigenvalue weighted by Crippen LogP contribution is 2.62.